The number of carbonyl (C=O) groups excluding carboxylic acids is 1. The highest BCUT2D eigenvalue weighted by Gasteiger charge is 2.09. The maximum atomic E-state index is 10.9. The van der Waals surface area contributed by atoms with Crippen molar-refractivity contribution in [3.63, 3.8) is 0 Å². The van der Waals surface area contributed by atoms with E-state index in [1.165, 1.54) is 12.5 Å². The maximum absolute atomic E-state index is 10.9. The van der Waals surface area contributed by atoms with E-state index < -0.39 is 0 Å². The van der Waals surface area contributed by atoms with Gasteiger partial charge in [-0.15, -0.1) is 0 Å². The quantitative estimate of drug-likeness (QED) is 0.342. The molecule has 6 nitrogen and oxygen atoms in total. The summed E-state index contributed by atoms with van der Waals surface area (Å²) >= 11 is 0. The highest BCUT2D eigenvalue weighted by Crippen LogP contribution is 2.08. The van der Waals surface area contributed by atoms with Crippen LogP contribution in [0.3, 0.4) is 0 Å². The number of aliphatic imine (C=N–C) groups is 1. The van der Waals surface area contributed by atoms with E-state index in [2.05, 4.69) is 64.1 Å². The van der Waals surface area contributed by atoms with Crippen molar-refractivity contribution in [2.24, 2.45) is 4.99 Å². The molecule has 1 aromatic rings. The van der Waals surface area contributed by atoms with E-state index in [9.17, 15) is 4.79 Å². The normalized spacial score (nSPS) is 12.8. The van der Waals surface area contributed by atoms with Crippen molar-refractivity contribution in [2.45, 2.75) is 39.8 Å². The van der Waals surface area contributed by atoms with E-state index in [0.29, 0.717) is 19.1 Å². The Morgan fingerprint density at radius 2 is 1.84 bits per heavy atom. The molecule has 1 rings (SSSR count). The van der Waals surface area contributed by atoms with Crippen molar-refractivity contribution in [2.75, 3.05) is 33.2 Å². The van der Waals surface area contributed by atoms with Gasteiger partial charge in [0.15, 0.2) is 5.96 Å². The molecule has 25 heavy (non-hydrogen) atoms. The van der Waals surface area contributed by atoms with Gasteiger partial charge in [0.25, 0.3) is 0 Å². The first kappa shape index (κ1) is 21.0. The molecule has 0 saturated heterocycles. The van der Waals surface area contributed by atoms with Gasteiger partial charge in [-0.1, -0.05) is 30.3 Å². The Labute approximate surface area is 152 Å². The van der Waals surface area contributed by atoms with Crippen LogP contribution in [0.4, 0.5) is 0 Å². The van der Waals surface area contributed by atoms with E-state index in [-0.39, 0.29) is 5.91 Å². The molecule has 0 fully saturated rings. The second-order valence-corrected chi connectivity index (χ2v) is 6.21. The van der Waals surface area contributed by atoms with Gasteiger partial charge in [0.1, 0.15) is 0 Å². The Bertz CT molecular complexity index is 518. The van der Waals surface area contributed by atoms with Crippen LogP contribution in [0.2, 0.25) is 0 Å². The van der Waals surface area contributed by atoms with Crippen molar-refractivity contribution in [1.82, 2.24) is 20.9 Å². The minimum atomic E-state index is -0.0148. The molecule has 6 heteroatoms. The van der Waals surface area contributed by atoms with E-state index in [1.807, 2.05) is 13.0 Å². The van der Waals surface area contributed by atoms with Crippen LogP contribution in [0.5, 0.6) is 0 Å². The van der Waals surface area contributed by atoms with Gasteiger partial charge in [-0.2, -0.15) is 0 Å². The third kappa shape index (κ3) is 9.72. The number of nitrogens with zero attached hydrogens (tertiary/aromatic N) is 2. The monoisotopic (exact) mass is 347 g/mol. The molecule has 3 N–H and O–H groups in total. The van der Waals surface area contributed by atoms with Crippen LogP contribution >= 0.6 is 0 Å². The van der Waals surface area contributed by atoms with Gasteiger partial charge in [0.2, 0.25) is 5.91 Å². The van der Waals surface area contributed by atoms with Crippen molar-refractivity contribution in [3.05, 3.63) is 35.9 Å². The summed E-state index contributed by atoms with van der Waals surface area (Å²) in [7, 11) is 2.15. The first-order valence-corrected chi connectivity index (χ1v) is 9.03. The zero-order valence-electron chi connectivity index (χ0n) is 16.0. The molecule has 0 spiro atoms. The zero-order valence-corrected chi connectivity index (χ0v) is 16.0. The summed E-state index contributed by atoms with van der Waals surface area (Å²) in [6.07, 6.45) is 0.992. The van der Waals surface area contributed by atoms with E-state index >= 15 is 0 Å². The Morgan fingerprint density at radius 3 is 2.48 bits per heavy atom. The highest BCUT2D eigenvalue weighted by molar-refractivity contribution is 5.79. The zero-order chi connectivity index (χ0) is 18.5. The van der Waals surface area contributed by atoms with Crippen molar-refractivity contribution in [3.8, 4) is 0 Å². The SMILES string of the molecule is CCNC(=NCCC(C)N(C)Cc1ccccc1)NCCNC(C)=O. The van der Waals surface area contributed by atoms with Crippen molar-refractivity contribution in [1.29, 1.82) is 0 Å². The lowest BCUT2D eigenvalue weighted by atomic mass is 10.1. The topological polar surface area (TPSA) is 68.8 Å². The van der Waals surface area contributed by atoms with Crippen molar-refractivity contribution >= 4 is 11.9 Å². The van der Waals surface area contributed by atoms with E-state index in [4.69, 9.17) is 0 Å². The van der Waals surface area contributed by atoms with Gasteiger partial charge in [-0.05, 0) is 32.9 Å². The molecule has 1 aromatic carbocycles. The van der Waals surface area contributed by atoms with Gasteiger partial charge in [0, 0.05) is 45.7 Å². The molecule has 0 radical (unpaired) electrons. The molecular weight excluding hydrogens is 314 g/mol. The molecule has 0 bridgehead atoms. The number of amides is 1. The molecule has 1 amide bonds. The summed E-state index contributed by atoms with van der Waals surface area (Å²) in [5.74, 6) is 0.782. The van der Waals surface area contributed by atoms with Crippen LogP contribution in [0.25, 0.3) is 0 Å². The highest BCUT2D eigenvalue weighted by atomic mass is 16.1. The Morgan fingerprint density at radius 1 is 1.16 bits per heavy atom. The molecule has 1 atom stereocenters. The van der Waals surface area contributed by atoms with Crippen LogP contribution in [0.1, 0.15) is 32.8 Å². The summed E-state index contributed by atoms with van der Waals surface area (Å²) in [5.41, 5.74) is 1.33. The van der Waals surface area contributed by atoms with E-state index in [1.54, 1.807) is 0 Å². The van der Waals surface area contributed by atoms with Gasteiger partial charge in [0.05, 0.1) is 0 Å². The second kappa shape index (κ2) is 12.3. The lowest BCUT2D eigenvalue weighted by Crippen LogP contribution is -2.41. The summed E-state index contributed by atoms with van der Waals surface area (Å²) in [6.45, 7) is 9.57. The molecule has 1 unspecified atom stereocenters. The summed E-state index contributed by atoms with van der Waals surface area (Å²) in [4.78, 5) is 17.8. The number of benzene rings is 1. The van der Waals surface area contributed by atoms with Gasteiger partial charge >= 0.3 is 0 Å². The molecule has 0 aromatic heterocycles. The number of hydrogen-bond donors (Lipinski definition) is 3. The smallest absolute Gasteiger partial charge is 0.216 e. The lowest BCUT2D eigenvalue weighted by Gasteiger charge is -2.24. The van der Waals surface area contributed by atoms with E-state index in [0.717, 1.165) is 32.0 Å². The number of hydrogen-bond acceptors (Lipinski definition) is 3. The van der Waals surface area contributed by atoms with Gasteiger partial charge in [-0.25, -0.2) is 0 Å². The van der Waals surface area contributed by atoms with Crippen molar-refractivity contribution < 1.29 is 4.79 Å². The largest absolute Gasteiger partial charge is 0.357 e. The average molecular weight is 348 g/mol. The number of guanidine groups is 1. The number of nitrogens with one attached hydrogen (secondary N) is 3. The molecule has 0 aliphatic heterocycles. The summed E-state index contributed by atoms with van der Waals surface area (Å²) in [5, 5.41) is 9.22. The minimum Gasteiger partial charge on any atom is -0.357 e. The van der Waals surface area contributed by atoms with Crippen LogP contribution in [0, 0.1) is 0 Å². The predicted octanol–water partition coefficient (Wildman–Crippen LogP) is 1.59. The van der Waals surface area contributed by atoms with Crippen LogP contribution < -0.4 is 16.0 Å². The Balaban J connectivity index is 2.35. The van der Waals surface area contributed by atoms with Crippen LogP contribution in [0.15, 0.2) is 35.3 Å². The van der Waals surface area contributed by atoms with Crippen LogP contribution in [-0.2, 0) is 11.3 Å². The van der Waals surface area contributed by atoms with Gasteiger partial charge < -0.3 is 16.0 Å². The first-order chi connectivity index (χ1) is 12.0. The number of rotatable bonds is 10. The third-order valence-corrected chi connectivity index (χ3v) is 3.98. The molecule has 0 aliphatic carbocycles. The fraction of sp³-hybridized carbons (Fsp3) is 0.579. The van der Waals surface area contributed by atoms with Gasteiger partial charge in [-0.3, -0.25) is 14.7 Å². The molecular formula is C19H33N5O. The molecule has 140 valence electrons. The fourth-order valence-corrected chi connectivity index (χ4v) is 2.37. The third-order valence-electron chi connectivity index (χ3n) is 3.98. The Kier molecular flexibility index (Phi) is 10.3. The average Bonchev–Trinajstić information content (AvgIpc) is 2.59. The van der Waals surface area contributed by atoms with Crippen LogP contribution in [-0.4, -0.2) is 56.0 Å². The molecule has 0 heterocycles. The fourth-order valence-electron chi connectivity index (χ4n) is 2.37. The summed E-state index contributed by atoms with van der Waals surface area (Å²) < 4.78 is 0. The number of carbonyl (C=O) groups is 1. The first-order valence-electron chi connectivity index (χ1n) is 9.03. The molecule has 0 aliphatic rings. The maximum Gasteiger partial charge on any atom is 0.216 e. The Hall–Kier alpha value is -2.08. The summed E-state index contributed by atoms with van der Waals surface area (Å²) in [6, 6.07) is 11.0. The lowest BCUT2D eigenvalue weighted by molar-refractivity contribution is -0.118. The minimum absolute atomic E-state index is 0.0148. The predicted molar refractivity (Wildman–Crippen MR) is 105 cm³/mol. The molecule has 0 saturated carbocycles. The second-order valence-electron chi connectivity index (χ2n) is 6.21. The standard InChI is InChI=1S/C19H33N5O/c1-5-20-19(23-14-13-21-17(3)25)22-12-11-16(2)24(4)15-18-9-7-6-8-10-18/h6-10,16H,5,11-15H2,1-4H3,(H,21,25)(H2,20,22,23).